The summed E-state index contributed by atoms with van der Waals surface area (Å²) in [5, 5.41) is 4.80. The van der Waals surface area contributed by atoms with Crippen molar-refractivity contribution >= 4 is 6.09 Å². The number of hydrogen-bond acceptors (Lipinski definition) is 3. The first-order chi connectivity index (χ1) is 11.7. The molecular formula is C19H17N3O2. The number of carbonyl (C=O) groups is 1. The van der Waals surface area contributed by atoms with Crippen LogP contribution in [0.3, 0.4) is 0 Å². The van der Waals surface area contributed by atoms with E-state index in [0.29, 0.717) is 5.75 Å². The van der Waals surface area contributed by atoms with Crippen LogP contribution in [0, 0.1) is 0 Å². The Labute approximate surface area is 139 Å². The highest BCUT2D eigenvalue weighted by Crippen LogP contribution is 2.38. The molecule has 1 aliphatic carbocycles. The molecule has 1 aliphatic rings. The monoisotopic (exact) mass is 319 g/mol. The zero-order valence-corrected chi connectivity index (χ0v) is 13.1. The number of nitrogens with two attached hydrogens (primary N) is 1. The smallest absolute Gasteiger partial charge is 0.409 e. The minimum absolute atomic E-state index is 0.455. The number of ether oxygens (including phenoxy) is 1. The number of rotatable bonds is 3. The fraction of sp³-hybridized carbons (Fsp3) is 0.158. The largest absolute Gasteiger partial charge is 0.410 e. The van der Waals surface area contributed by atoms with Crippen LogP contribution < -0.4 is 10.5 Å². The molecule has 0 fully saturated rings. The van der Waals surface area contributed by atoms with Crippen molar-refractivity contribution in [3.05, 3.63) is 65.9 Å². The second-order valence-electron chi connectivity index (χ2n) is 5.79. The van der Waals surface area contributed by atoms with Crippen LogP contribution in [-0.2, 0) is 12.8 Å². The van der Waals surface area contributed by atoms with Gasteiger partial charge in [-0.2, -0.15) is 5.10 Å². The average molecular weight is 319 g/mol. The van der Waals surface area contributed by atoms with Gasteiger partial charge in [-0.05, 0) is 43.5 Å². The number of carbonyl (C=O) groups excluding carboxylic acids is 1. The number of aryl methyl sites for hydroxylation is 1. The van der Waals surface area contributed by atoms with Gasteiger partial charge < -0.3 is 10.5 Å². The molecule has 0 aliphatic heterocycles. The summed E-state index contributed by atoms with van der Waals surface area (Å²) in [5.41, 5.74) is 10.3. The summed E-state index contributed by atoms with van der Waals surface area (Å²) in [7, 11) is 0. The maximum absolute atomic E-state index is 11.3. The molecule has 2 N–H and O–H groups in total. The molecule has 5 heteroatoms. The molecule has 2 aromatic carbocycles. The van der Waals surface area contributed by atoms with E-state index >= 15 is 0 Å². The number of fused-ring (bicyclic) bond motifs is 1. The van der Waals surface area contributed by atoms with Gasteiger partial charge in [0.2, 0.25) is 0 Å². The second-order valence-corrected chi connectivity index (χ2v) is 5.79. The lowest BCUT2D eigenvalue weighted by Crippen LogP contribution is -2.17. The molecule has 1 amide bonds. The maximum Gasteiger partial charge on any atom is 0.409 e. The van der Waals surface area contributed by atoms with E-state index in [1.54, 1.807) is 6.07 Å². The number of benzene rings is 2. The summed E-state index contributed by atoms with van der Waals surface area (Å²) in [6.45, 7) is 0. The van der Waals surface area contributed by atoms with Crippen LogP contribution in [0.25, 0.3) is 16.9 Å². The zero-order chi connectivity index (χ0) is 16.5. The van der Waals surface area contributed by atoms with Gasteiger partial charge in [0.25, 0.3) is 0 Å². The second kappa shape index (κ2) is 5.85. The Morgan fingerprint density at radius 3 is 2.58 bits per heavy atom. The van der Waals surface area contributed by atoms with E-state index in [0.717, 1.165) is 41.9 Å². The number of nitrogens with zero attached hydrogens (tertiary/aromatic N) is 2. The van der Waals surface area contributed by atoms with Gasteiger partial charge in [0, 0.05) is 11.1 Å². The quantitative estimate of drug-likeness (QED) is 0.803. The standard InChI is InChI=1S/C19H17N3O2/c20-19(23)24-17-12-5-4-9-15(17)18-14-10-6-11-16(14)21-22(18)13-7-2-1-3-8-13/h1-5,7-9,12H,6,10-11H2,(H2,20,23). The highest BCUT2D eigenvalue weighted by Gasteiger charge is 2.25. The third-order valence-electron chi connectivity index (χ3n) is 4.26. The van der Waals surface area contributed by atoms with E-state index in [4.69, 9.17) is 15.6 Å². The van der Waals surface area contributed by atoms with Gasteiger partial charge in [0.1, 0.15) is 5.75 Å². The predicted octanol–water partition coefficient (Wildman–Crippen LogP) is 3.49. The summed E-state index contributed by atoms with van der Waals surface area (Å²) in [5.74, 6) is 0.455. The molecule has 1 heterocycles. The Kier molecular flexibility index (Phi) is 3.54. The van der Waals surface area contributed by atoms with E-state index in [-0.39, 0.29) is 0 Å². The average Bonchev–Trinajstić information content (AvgIpc) is 3.17. The minimum atomic E-state index is -0.815. The van der Waals surface area contributed by atoms with Crippen LogP contribution in [0.5, 0.6) is 5.75 Å². The molecular weight excluding hydrogens is 302 g/mol. The third kappa shape index (κ3) is 2.44. The van der Waals surface area contributed by atoms with Crippen LogP contribution in [0.4, 0.5) is 4.79 Å². The molecule has 5 nitrogen and oxygen atoms in total. The van der Waals surface area contributed by atoms with Gasteiger partial charge in [0.05, 0.1) is 17.1 Å². The Morgan fingerprint density at radius 2 is 1.79 bits per heavy atom. The Bertz CT molecular complexity index is 900. The van der Waals surface area contributed by atoms with Crippen molar-refractivity contribution in [1.82, 2.24) is 9.78 Å². The van der Waals surface area contributed by atoms with Crippen LogP contribution in [0.2, 0.25) is 0 Å². The zero-order valence-electron chi connectivity index (χ0n) is 13.1. The Hall–Kier alpha value is -3.08. The van der Waals surface area contributed by atoms with E-state index in [2.05, 4.69) is 0 Å². The molecule has 0 bridgehead atoms. The molecule has 4 rings (SSSR count). The first kappa shape index (κ1) is 14.5. The molecule has 0 atom stereocenters. The van der Waals surface area contributed by atoms with E-state index in [1.807, 2.05) is 53.2 Å². The predicted molar refractivity (Wildman–Crippen MR) is 91.2 cm³/mol. The highest BCUT2D eigenvalue weighted by atomic mass is 16.5. The molecule has 120 valence electrons. The number of primary amides is 1. The van der Waals surface area contributed by atoms with Gasteiger partial charge in [-0.25, -0.2) is 9.48 Å². The van der Waals surface area contributed by atoms with E-state index in [9.17, 15) is 4.79 Å². The number of amides is 1. The Morgan fingerprint density at radius 1 is 1.04 bits per heavy atom. The van der Waals surface area contributed by atoms with Gasteiger partial charge >= 0.3 is 6.09 Å². The number of para-hydroxylation sites is 2. The van der Waals surface area contributed by atoms with E-state index < -0.39 is 6.09 Å². The van der Waals surface area contributed by atoms with Gasteiger partial charge in [-0.1, -0.05) is 30.3 Å². The van der Waals surface area contributed by atoms with Crippen molar-refractivity contribution in [2.75, 3.05) is 0 Å². The molecule has 1 aromatic heterocycles. The van der Waals surface area contributed by atoms with Crippen LogP contribution in [0.15, 0.2) is 54.6 Å². The lowest BCUT2D eigenvalue weighted by Gasteiger charge is -2.13. The number of aromatic nitrogens is 2. The first-order valence-corrected chi connectivity index (χ1v) is 7.97. The lowest BCUT2D eigenvalue weighted by molar-refractivity contribution is 0.211. The lowest BCUT2D eigenvalue weighted by atomic mass is 10.0. The minimum Gasteiger partial charge on any atom is -0.410 e. The van der Waals surface area contributed by atoms with Crippen molar-refractivity contribution in [2.45, 2.75) is 19.3 Å². The maximum atomic E-state index is 11.3. The summed E-state index contributed by atoms with van der Waals surface area (Å²) in [6.07, 6.45) is 2.23. The molecule has 3 aromatic rings. The topological polar surface area (TPSA) is 70.1 Å². The van der Waals surface area contributed by atoms with E-state index in [1.165, 1.54) is 5.56 Å². The van der Waals surface area contributed by atoms with Crippen LogP contribution in [0.1, 0.15) is 17.7 Å². The Balaban J connectivity index is 1.94. The van der Waals surface area contributed by atoms with Crippen molar-refractivity contribution in [3.63, 3.8) is 0 Å². The van der Waals surface area contributed by atoms with Gasteiger partial charge in [-0.3, -0.25) is 0 Å². The highest BCUT2D eigenvalue weighted by molar-refractivity contribution is 5.77. The van der Waals surface area contributed by atoms with Gasteiger partial charge in [-0.15, -0.1) is 0 Å². The molecule has 0 saturated heterocycles. The molecule has 0 spiro atoms. The molecule has 24 heavy (non-hydrogen) atoms. The summed E-state index contributed by atoms with van der Waals surface area (Å²) >= 11 is 0. The first-order valence-electron chi connectivity index (χ1n) is 7.97. The molecule has 0 unspecified atom stereocenters. The summed E-state index contributed by atoms with van der Waals surface area (Å²) in [6, 6.07) is 17.4. The summed E-state index contributed by atoms with van der Waals surface area (Å²) in [4.78, 5) is 11.3. The van der Waals surface area contributed by atoms with Crippen molar-refractivity contribution in [2.24, 2.45) is 5.73 Å². The third-order valence-corrected chi connectivity index (χ3v) is 4.26. The van der Waals surface area contributed by atoms with Gasteiger partial charge in [0.15, 0.2) is 0 Å². The molecule has 0 radical (unpaired) electrons. The van der Waals surface area contributed by atoms with Crippen molar-refractivity contribution < 1.29 is 9.53 Å². The SMILES string of the molecule is NC(=O)Oc1ccccc1-c1c2c(nn1-c1ccccc1)CCC2. The summed E-state index contributed by atoms with van der Waals surface area (Å²) < 4.78 is 7.16. The fourth-order valence-electron chi connectivity index (χ4n) is 3.28. The van der Waals surface area contributed by atoms with Crippen LogP contribution in [-0.4, -0.2) is 15.9 Å². The molecule has 0 saturated carbocycles. The fourth-order valence-corrected chi connectivity index (χ4v) is 3.28. The normalized spacial score (nSPS) is 12.8. The van der Waals surface area contributed by atoms with Crippen molar-refractivity contribution in [1.29, 1.82) is 0 Å². The van der Waals surface area contributed by atoms with Crippen LogP contribution >= 0.6 is 0 Å². The van der Waals surface area contributed by atoms with Crippen molar-refractivity contribution in [3.8, 4) is 22.7 Å². The number of hydrogen-bond donors (Lipinski definition) is 1.